The molecule has 3 N–H and O–H groups in total. The van der Waals surface area contributed by atoms with Gasteiger partial charge in [-0.15, -0.1) is 11.8 Å². The van der Waals surface area contributed by atoms with Gasteiger partial charge in [0, 0.05) is 17.2 Å². The Labute approximate surface area is 83.1 Å². The molecule has 0 fully saturated rings. The average Bonchev–Trinajstić information content (AvgIpc) is 2.15. The van der Waals surface area contributed by atoms with Crippen LogP contribution in [0.4, 0.5) is 0 Å². The summed E-state index contributed by atoms with van der Waals surface area (Å²) in [4.78, 5) is 1.18. The molecule has 1 aromatic carbocycles. The predicted molar refractivity (Wildman–Crippen MR) is 56.7 cm³/mol. The van der Waals surface area contributed by atoms with E-state index >= 15 is 0 Å². The molecule has 3 heteroatoms. The number of rotatable bonds is 4. The van der Waals surface area contributed by atoms with E-state index in [-0.39, 0.29) is 6.10 Å². The minimum Gasteiger partial charge on any atom is -0.393 e. The zero-order valence-corrected chi connectivity index (χ0v) is 8.55. The first-order chi connectivity index (χ1) is 6.22. The number of hydrogen-bond acceptors (Lipinski definition) is 3. The first-order valence-corrected chi connectivity index (χ1v) is 5.31. The number of aliphatic hydroxyl groups excluding tert-OH is 1. The van der Waals surface area contributed by atoms with Gasteiger partial charge in [0.05, 0.1) is 6.10 Å². The number of benzene rings is 1. The summed E-state index contributed by atoms with van der Waals surface area (Å²) in [6.45, 7) is 2.38. The molecule has 0 bridgehead atoms. The van der Waals surface area contributed by atoms with Crippen molar-refractivity contribution in [1.82, 2.24) is 0 Å². The highest BCUT2D eigenvalue weighted by atomic mass is 32.2. The minimum absolute atomic E-state index is 0.251. The van der Waals surface area contributed by atoms with Gasteiger partial charge in [-0.1, -0.05) is 12.1 Å². The lowest BCUT2D eigenvalue weighted by Gasteiger charge is -2.04. The van der Waals surface area contributed by atoms with Crippen LogP contribution >= 0.6 is 11.8 Å². The Morgan fingerprint density at radius 1 is 1.38 bits per heavy atom. The fourth-order valence-electron chi connectivity index (χ4n) is 0.939. The molecule has 0 aliphatic heterocycles. The smallest absolute Gasteiger partial charge is 0.0606 e. The molecule has 72 valence electrons. The van der Waals surface area contributed by atoms with E-state index in [2.05, 4.69) is 0 Å². The quantitative estimate of drug-likeness (QED) is 0.721. The van der Waals surface area contributed by atoms with Crippen molar-refractivity contribution >= 4 is 11.8 Å². The molecule has 0 aliphatic carbocycles. The van der Waals surface area contributed by atoms with Crippen molar-refractivity contribution in [2.24, 2.45) is 5.73 Å². The Bertz CT molecular complexity index is 246. The van der Waals surface area contributed by atoms with Crippen LogP contribution in [0.15, 0.2) is 29.2 Å². The highest BCUT2D eigenvalue weighted by Gasteiger charge is 1.98. The highest BCUT2D eigenvalue weighted by Crippen LogP contribution is 2.18. The van der Waals surface area contributed by atoms with Crippen LogP contribution in [0.5, 0.6) is 0 Å². The van der Waals surface area contributed by atoms with E-state index in [0.29, 0.717) is 6.54 Å². The maximum atomic E-state index is 9.07. The van der Waals surface area contributed by atoms with Crippen molar-refractivity contribution in [1.29, 1.82) is 0 Å². The summed E-state index contributed by atoms with van der Waals surface area (Å²) in [5.41, 5.74) is 6.62. The van der Waals surface area contributed by atoms with Gasteiger partial charge < -0.3 is 10.8 Å². The van der Waals surface area contributed by atoms with Crippen molar-refractivity contribution in [2.45, 2.75) is 24.5 Å². The molecular weight excluding hydrogens is 182 g/mol. The van der Waals surface area contributed by atoms with Crippen LogP contribution in [0, 0.1) is 0 Å². The largest absolute Gasteiger partial charge is 0.393 e. The summed E-state index contributed by atoms with van der Waals surface area (Å²) in [7, 11) is 0. The van der Waals surface area contributed by atoms with Crippen molar-refractivity contribution in [3.63, 3.8) is 0 Å². The third-order valence-electron chi connectivity index (χ3n) is 1.65. The predicted octanol–water partition coefficient (Wildman–Crippen LogP) is 1.62. The van der Waals surface area contributed by atoms with E-state index in [9.17, 15) is 0 Å². The monoisotopic (exact) mass is 197 g/mol. The lowest BCUT2D eigenvalue weighted by molar-refractivity contribution is 0.220. The SMILES string of the molecule is CC(O)CSc1ccc(CN)cc1. The molecule has 0 amide bonds. The molecule has 0 saturated heterocycles. The first kappa shape index (κ1) is 10.6. The maximum Gasteiger partial charge on any atom is 0.0606 e. The molecule has 0 heterocycles. The van der Waals surface area contributed by atoms with Gasteiger partial charge in [-0.05, 0) is 24.6 Å². The van der Waals surface area contributed by atoms with Crippen LogP contribution in [0.2, 0.25) is 0 Å². The van der Waals surface area contributed by atoms with E-state index in [4.69, 9.17) is 10.8 Å². The molecule has 0 spiro atoms. The Balaban J connectivity index is 2.49. The normalized spacial score (nSPS) is 12.8. The van der Waals surface area contributed by atoms with E-state index < -0.39 is 0 Å². The maximum absolute atomic E-state index is 9.07. The Hall–Kier alpha value is -0.510. The van der Waals surface area contributed by atoms with Gasteiger partial charge in [0.2, 0.25) is 0 Å². The fraction of sp³-hybridized carbons (Fsp3) is 0.400. The minimum atomic E-state index is -0.251. The van der Waals surface area contributed by atoms with Crippen LogP contribution in [-0.4, -0.2) is 17.0 Å². The molecule has 13 heavy (non-hydrogen) atoms. The number of aliphatic hydroxyl groups is 1. The molecule has 1 atom stereocenters. The molecule has 0 aromatic heterocycles. The van der Waals surface area contributed by atoms with Crippen LogP contribution < -0.4 is 5.73 Å². The Morgan fingerprint density at radius 3 is 2.46 bits per heavy atom. The lowest BCUT2D eigenvalue weighted by Crippen LogP contribution is -2.02. The van der Waals surface area contributed by atoms with Crippen molar-refractivity contribution in [2.75, 3.05) is 5.75 Å². The Morgan fingerprint density at radius 2 is 2.00 bits per heavy atom. The Kier molecular flexibility index (Phi) is 4.28. The van der Waals surface area contributed by atoms with E-state index in [1.807, 2.05) is 24.3 Å². The van der Waals surface area contributed by atoms with E-state index in [0.717, 1.165) is 11.3 Å². The first-order valence-electron chi connectivity index (χ1n) is 4.32. The van der Waals surface area contributed by atoms with Gasteiger partial charge in [0.15, 0.2) is 0 Å². The van der Waals surface area contributed by atoms with Gasteiger partial charge in [-0.25, -0.2) is 0 Å². The molecular formula is C10H15NOS. The molecule has 0 aliphatic rings. The zero-order valence-electron chi connectivity index (χ0n) is 7.73. The second-order valence-electron chi connectivity index (χ2n) is 3.01. The molecule has 1 rings (SSSR count). The molecule has 0 radical (unpaired) electrons. The van der Waals surface area contributed by atoms with Gasteiger partial charge in [-0.2, -0.15) is 0 Å². The summed E-state index contributed by atoms with van der Waals surface area (Å²) >= 11 is 1.66. The highest BCUT2D eigenvalue weighted by molar-refractivity contribution is 7.99. The lowest BCUT2D eigenvalue weighted by atomic mass is 10.2. The third kappa shape index (κ3) is 3.81. The summed E-state index contributed by atoms with van der Waals surface area (Å²) in [5.74, 6) is 0.738. The molecule has 2 nitrogen and oxygen atoms in total. The van der Waals surface area contributed by atoms with Crippen molar-refractivity contribution in [3.05, 3.63) is 29.8 Å². The fourth-order valence-corrected chi connectivity index (χ4v) is 1.70. The van der Waals surface area contributed by atoms with Crippen LogP contribution in [0.25, 0.3) is 0 Å². The van der Waals surface area contributed by atoms with Gasteiger partial charge in [0.1, 0.15) is 0 Å². The van der Waals surface area contributed by atoms with Crippen molar-refractivity contribution < 1.29 is 5.11 Å². The average molecular weight is 197 g/mol. The molecule has 1 aromatic rings. The van der Waals surface area contributed by atoms with Crippen LogP contribution in [0.1, 0.15) is 12.5 Å². The number of hydrogen-bond donors (Lipinski definition) is 2. The van der Waals surface area contributed by atoms with Gasteiger partial charge in [0.25, 0.3) is 0 Å². The second kappa shape index (κ2) is 5.27. The zero-order chi connectivity index (χ0) is 9.68. The van der Waals surface area contributed by atoms with Crippen LogP contribution in [0.3, 0.4) is 0 Å². The van der Waals surface area contributed by atoms with Crippen LogP contribution in [-0.2, 0) is 6.54 Å². The van der Waals surface area contributed by atoms with Crippen molar-refractivity contribution in [3.8, 4) is 0 Å². The van der Waals surface area contributed by atoms with E-state index in [1.54, 1.807) is 18.7 Å². The standard InChI is InChI=1S/C10H15NOS/c1-8(12)7-13-10-4-2-9(6-11)3-5-10/h2-5,8,12H,6-7,11H2,1H3. The third-order valence-corrected chi connectivity index (χ3v) is 2.90. The van der Waals surface area contributed by atoms with Gasteiger partial charge >= 0.3 is 0 Å². The summed E-state index contributed by atoms with van der Waals surface area (Å²) in [6.07, 6.45) is -0.251. The topological polar surface area (TPSA) is 46.2 Å². The number of nitrogens with two attached hydrogens (primary N) is 1. The molecule has 1 unspecified atom stereocenters. The number of thioether (sulfide) groups is 1. The van der Waals surface area contributed by atoms with Gasteiger partial charge in [-0.3, -0.25) is 0 Å². The second-order valence-corrected chi connectivity index (χ2v) is 4.10. The van der Waals surface area contributed by atoms with E-state index in [1.165, 1.54) is 4.90 Å². The summed E-state index contributed by atoms with van der Waals surface area (Å²) < 4.78 is 0. The summed E-state index contributed by atoms with van der Waals surface area (Å²) in [5, 5.41) is 9.07. The summed E-state index contributed by atoms with van der Waals surface area (Å²) in [6, 6.07) is 8.11. The molecule has 0 saturated carbocycles.